The van der Waals surface area contributed by atoms with Crippen molar-refractivity contribution in [2.24, 2.45) is 5.16 Å². The fourth-order valence-corrected chi connectivity index (χ4v) is 0.567. The summed E-state index contributed by atoms with van der Waals surface area (Å²) in [6.45, 7) is 5.43. The monoisotopic (exact) mass is 180 g/mol. The van der Waals surface area contributed by atoms with Crippen molar-refractivity contribution in [2.45, 2.75) is 6.92 Å². The lowest BCUT2D eigenvalue weighted by Gasteiger charge is -1.97. The number of rotatable bonds is 4. The lowest BCUT2D eigenvalue weighted by atomic mass is 10.4. The second-order valence-electron chi connectivity index (χ2n) is 2.14. The molecule has 0 atom stereocenters. The smallest absolute Gasteiger partial charge is 0.270 e. The topological polar surface area (TPSA) is 61.7 Å². The van der Waals surface area contributed by atoms with Crippen LogP contribution >= 0.6 is 0 Å². The normalized spacial score (nSPS) is 11.5. The van der Waals surface area contributed by atoms with Crippen LogP contribution in [0.3, 0.4) is 0 Å². The Hall–Kier alpha value is -1.84. The van der Waals surface area contributed by atoms with E-state index < -0.39 is 5.91 Å². The summed E-state index contributed by atoms with van der Waals surface area (Å²) in [5.74, 6) is -0.516. The molecule has 0 bridgehead atoms. The van der Waals surface area contributed by atoms with Gasteiger partial charge in [0.25, 0.3) is 5.91 Å². The molecule has 0 radical (unpaired) electrons. The number of hydrogen-bond donors (Lipinski definition) is 2. The van der Waals surface area contributed by atoms with E-state index in [0.29, 0.717) is 5.70 Å². The maximum atomic E-state index is 10.8. The molecular weight excluding hydrogens is 168 g/mol. The van der Waals surface area contributed by atoms with E-state index in [0.717, 1.165) is 6.21 Å². The summed E-state index contributed by atoms with van der Waals surface area (Å²) >= 11 is 0. The maximum absolute atomic E-state index is 10.8. The summed E-state index contributed by atoms with van der Waals surface area (Å²) in [5.41, 5.74) is 0.433. The van der Waals surface area contributed by atoms with E-state index in [4.69, 9.17) is 5.21 Å². The van der Waals surface area contributed by atoms with Crippen LogP contribution in [0.25, 0.3) is 0 Å². The number of allylic oxidation sites excluding steroid dienone is 4. The van der Waals surface area contributed by atoms with Crippen LogP contribution in [0.15, 0.2) is 41.7 Å². The van der Waals surface area contributed by atoms with E-state index in [2.05, 4.69) is 17.1 Å². The minimum atomic E-state index is -0.516. The van der Waals surface area contributed by atoms with Crippen LogP contribution in [-0.4, -0.2) is 17.3 Å². The molecule has 0 heterocycles. The van der Waals surface area contributed by atoms with Crippen LogP contribution in [0.1, 0.15) is 6.92 Å². The summed E-state index contributed by atoms with van der Waals surface area (Å²) in [6, 6.07) is 0. The van der Waals surface area contributed by atoms with Crippen LogP contribution in [0.4, 0.5) is 0 Å². The van der Waals surface area contributed by atoms with Gasteiger partial charge in [-0.15, -0.1) is 0 Å². The molecule has 0 aliphatic heterocycles. The van der Waals surface area contributed by atoms with Crippen molar-refractivity contribution in [3.05, 3.63) is 36.6 Å². The first-order chi connectivity index (χ1) is 6.20. The number of hydrogen-bond acceptors (Lipinski definition) is 3. The predicted molar refractivity (Wildman–Crippen MR) is 51.5 cm³/mol. The summed E-state index contributed by atoms with van der Waals surface area (Å²) in [7, 11) is 0. The zero-order valence-corrected chi connectivity index (χ0v) is 7.40. The second kappa shape index (κ2) is 6.84. The number of carbonyl (C=O) groups excluding carboxylic acids is 1. The minimum Gasteiger partial charge on any atom is -0.411 e. The van der Waals surface area contributed by atoms with E-state index in [1.54, 1.807) is 18.2 Å². The van der Waals surface area contributed by atoms with E-state index in [9.17, 15) is 4.79 Å². The molecule has 4 heteroatoms. The number of amides is 1. The highest BCUT2D eigenvalue weighted by atomic mass is 16.4. The number of carbonyl (C=O) groups is 1. The van der Waals surface area contributed by atoms with Gasteiger partial charge >= 0.3 is 0 Å². The third-order valence-corrected chi connectivity index (χ3v) is 1.06. The largest absolute Gasteiger partial charge is 0.411 e. The summed E-state index contributed by atoms with van der Waals surface area (Å²) in [4.78, 5) is 10.8. The number of nitrogens with zero attached hydrogens (tertiary/aromatic N) is 1. The molecule has 0 aliphatic rings. The van der Waals surface area contributed by atoms with Crippen molar-refractivity contribution in [1.29, 1.82) is 0 Å². The standard InChI is InChI=1S/C9H12N2O2/c1-3-4-5-6-8(2)11-9(12)7-10-13/h3-7,13H,2H2,1H3,(H,11,12)/b4-3-,6-5-,10-7+. The van der Waals surface area contributed by atoms with Gasteiger partial charge < -0.3 is 10.5 Å². The molecule has 0 unspecified atom stereocenters. The Balaban J connectivity index is 3.94. The van der Waals surface area contributed by atoms with E-state index in [1.807, 2.05) is 13.0 Å². The quantitative estimate of drug-likeness (QED) is 0.295. The molecule has 0 aliphatic carbocycles. The zero-order valence-electron chi connectivity index (χ0n) is 7.40. The van der Waals surface area contributed by atoms with Crippen molar-refractivity contribution >= 4 is 12.1 Å². The van der Waals surface area contributed by atoms with Crippen LogP contribution in [0, 0.1) is 0 Å². The van der Waals surface area contributed by atoms with Crippen LogP contribution in [-0.2, 0) is 4.79 Å². The maximum Gasteiger partial charge on any atom is 0.270 e. The first kappa shape index (κ1) is 11.2. The summed E-state index contributed by atoms with van der Waals surface area (Å²) in [6.07, 6.45) is 7.77. The molecule has 70 valence electrons. The van der Waals surface area contributed by atoms with Crippen LogP contribution in [0.2, 0.25) is 0 Å². The van der Waals surface area contributed by atoms with Gasteiger partial charge in [0.15, 0.2) is 0 Å². The molecule has 0 aromatic rings. The molecular formula is C9H12N2O2. The Morgan fingerprint density at radius 3 is 2.77 bits per heavy atom. The molecule has 0 saturated carbocycles. The highest BCUT2D eigenvalue weighted by Crippen LogP contribution is 1.87. The molecule has 0 aromatic heterocycles. The number of oxime groups is 1. The van der Waals surface area contributed by atoms with Gasteiger partial charge in [-0.05, 0) is 13.0 Å². The van der Waals surface area contributed by atoms with Crippen LogP contribution in [0.5, 0.6) is 0 Å². The Kier molecular flexibility index (Phi) is 5.88. The van der Waals surface area contributed by atoms with Gasteiger partial charge in [0.05, 0.1) is 0 Å². The summed E-state index contributed by atoms with van der Waals surface area (Å²) < 4.78 is 0. The molecule has 0 saturated heterocycles. The first-order valence-electron chi connectivity index (χ1n) is 3.67. The Bertz CT molecular complexity index is 265. The molecule has 13 heavy (non-hydrogen) atoms. The molecule has 0 rings (SSSR count). The van der Waals surface area contributed by atoms with Gasteiger partial charge in [-0.3, -0.25) is 4.79 Å². The van der Waals surface area contributed by atoms with E-state index >= 15 is 0 Å². The molecule has 0 spiro atoms. The lowest BCUT2D eigenvalue weighted by Crippen LogP contribution is -2.21. The van der Waals surface area contributed by atoms with E-state index in [-0.39, 0.29) is 0 Å². The van der Waals surface area contributed by atoms with E-state index in [1.165, 1.54) is 0 Å². The second-order valence-corrected chi connectivity index (χ2v) is 2.14. The van der Waals surface area contributed by atoms with Crippen molar-refractivity contribution in [2.75, 3.05) is 0 Å². The van der Waals surface area contributed by atoms with Crippen LogP contribution < -0.4 is 5.32 Å². The van der Waals surface area contributed by atoms with Gasteiger partial charge in [-0.1, -0.05) is 30.0 Å². The predicted octanol–water partition coefficient (Wildman–Crippen LogP) is 1.21. The Morgan fingerprint density at radius 1 is 1.54 bits per heavy atom. The average molecular weight is 180 g/mol. The van der Waals surface area contributed by atoms with Gasteiger partial charge in [0.1, 0.15) is 6.21 Å². The average Bonchev–Trinajstić information content (AvgIpc) is 2.05. The SMILES string of the molecule is C=C(/C=C\C=C/C)NC(=O)/C=N/O. The highest BCUT2D eigenvalue weighted by Gasteiger charge is 1.94. The van der Waals surface area contributed by atoms with Crippen molar-refractivity contribution < 1.29 is 10.0 Å². The third-order valence-electron chi connectivity index (χ3n) is 1.06. The Morgan fingerprint density at radius 2 is 2.23 bits per heavy atom. The minimum absolute atomic E-state index is 0.433. The van der Waals surface area contributed by atoms with Crippen molar-refractivity contribution in [3.8, 4) is 0 Å². The zero-order chi connectivity index (χ0) is 10.1. The van der Waals surface area contributed by atoms with Gasteiger partial charge in [0.2, 0.25) is 0 Å². The van der Waals surface area contributed by atoms with Gasteiger partial charge in [-0.2, -0.15) is 0 Å². The molecule has 0 aromatic carbocycles. The van der Waals surface area contributed by atoms with Crippen molar-refractivity contribution in [3.63, 3.8) is 0 Å². The fourth-order valence-electron chi connectivity index (χ4n) is 0.567. The van der Waals surface area contributed by atoms with Crippen molar-refractivity contribution in [1.82, 2.24) is 5.32 Å². The summed E-state index contributed by atoms with van der Waals surface area (Å²) in [5, 5.41) is 13.0. The molecule has 0 fully saturated rings. The first-order valence-corrected chi connectivity index (χ1v) is 3.67. The number of nitrogens with one attached hydrogen (secondary N) is 1. The van der Waals surface area contributed by atoms with Gasteiger partial charge in [0, 0.05) is 5.70 Å². The Labute approximate surface area is 76.9 Å². The molecule has 1 amide bonds. The molecule has 4 nitrogen and oxygen atoms in total. The fraction of sp³-hybridized carbons (Fsp3) is 0.111. The highest BCUT2D eigenvalue weighted by molar-refractivity contribution is 6.26. The van der Waals surface area contributed by atoms with Gasteiger partial charge in [-0.25, -0.2) is 0 Å². The third kappa shape index (κ3) is 6.55. The molecule has 2 N–H and O–H groups in total. The lowest BCUT2D eigenvalue weighted by molar-refractivity contribution is -0.113.